The van der Waals surface area contributed by atoms with Gasteiger partial charge in [0, 0.05) is 6.04 Å². The number of nitrogens with one attached hydrogen (secondary N) is 1. The van der Waals surface area contributed by atoms with Crippen molar-refractivity contribution in [2.75, 3.05) is 5.32 Å². The standard InChI is InChI=1S/C14H19ClFN/c1-9-5-10(2)7-12(6-9)17-14-8-11(16)3-4-13(14)15/h3-4,8-10,12,17H,5-7H2,1-2H3. The first-order valence-corrected chi connectivity index (χ1v) is 6.64. The lowest BCUT2D eigenvalue weighted by molar-refractivity contribution is 0.281. The van der Waals surface area contributed by atoms with E-state index in [4.69, 9.17) is 11.6 Å². The van der Waals surface area contributed by atoms with E-state index in [0.717, 1.165) is 30.4 Å². The number of hydrogen-bond donors (Lipinski definition) is 1. The van der Waals surface area contributed by atoms with E-state index >= 15 is 0 Å². The molecule has 0 spiro atoms. The minimum absolute atomic E-state index is 0.242. The van der Waals surface area contributed by atoms with Gasteiger partial charge in [0.15, 0.2) is 0 Å². The molecule has 1 fully saturated rings. The van der Waals surface area contributed by atoms with E-state index in [-0.39, 0.29) is 5.82 Å². The number of hydrogen-bond acceptors (Lipinski definition) is 1. The second-order valence-electron chi connectivity index (χ2n) is 5.38. The molecule has 3 heteroatoms. The van der Waals surface area contributed by atoms with Crippen LogP contribution in [0.25, 0.3) is 0 Å². The van der Waals surface area contributed by atoms with Gasteiger partial charge in [-0.05, 0) is 49.3 Å². The summed E-state index contributed by atoms with van der Waals surface area (Å²) in [5.74, 6) is 1.21. The molecule has 2 unspecified atom stereocenters. The van der Waals surface area contributed by atoms with E-state index < -0.39 is 0 Å². The molecule has 1 saturated carbocycles. The van der Waals surface area contributed by atoms with Crippen LogP contribution >= 0.6 is 11.6 Å². The normalized spacial score (nSPS) is 29.1. The molecule has 0 amide bonds. The minimum atomic E-state index is -0.242. The molecule has 1 nitrogen and oxygen atoms in total. The summed E-state index contributed by atoms with van der Waals surface area (Å²) in [6.45, 7) is 4.55. The van der Waals surface area contributed by atoms with Gasteiger partial charge in [-0.2, -0.15) is 0 Å². The average molecular weight is 256 g/mol. The number of benzene rings is 1. The van der Waals surface area contributed by atoms with Gasteiger partial charge in [-0.1, -0.05) is 25.4 Å². The molecule has 1 aliphatic rings. The zero-order valence-corrected chi connectivity index (χ0v) is 11.1. The first-order valence-electron chi connectivity index (χ1n) is 6.26. The van der Waals surface area contributed by atoms with Crippen molar-refractivity contribution in [3.05, 3.63) is 29.0 Å². The van der Waals surface area contributed by atoms with Crippen molar-refractivity contribution in [2.24, 2.45) is 11.8 Å². The van der Waals surface area contributed by atoms with Crippen molar-refractivity contribution < 1.29 is 4.39 Å². The third kappa shape index (κ3) is 3.35. The lowest BCUT2D eigenvalue weighted by Crippen LogP contribution is -2.30. The fraction of sp³-hybridized carbons (Fsp3) is 0.571. The maximum atomic E-state index is 13.2. The van der Waals surface area contributed by atoms with E-state index in [2.05, 4.69) is 19.2 Å². The first kappa shape index (κ1) is 12.7. The Kier molecular flexibility index (Phi) is 3.93. The van der Waals surface area contributed by atoms with Crippen LogP contribution in [0.2, 0.25) is 5.02 Å². The summed E-state index contributed by atoms with van der Waals surface area (Å²) in [5.41, 5.74) is 0.720. The van der Waals surface area contributed by atoms with E-state index in [1.54, 1.807) is 6.07 Å². The highest BCUT2D eigenvalue weighted by Gasteiger charge is 2.24. The summed E-state index contributed by atoms with van der Waals surface area (Å²) < 4.78 is 13.2. The molecule has 17 heavy (non-hydrogen) atoms. The molecule has 2 rings (SSSR count). The second-order valence-corrected chi connectivity index (χ2v) is 5.79. The molecule has 1 aliphatic carbocycles. The summed E-state index contributed by atoms with van der Waals surface area (Å²) in [6.07, 6.45) is 3.56. The Balaban J connectivity index is 2.07. The molecular weight excluding hydrogens is 237 g/mol. The lowest BCUT2D eigenvalue weighted by Gasteiger charge is -2.32. The molecule has 0 aliphatic heterocycles. The predicted octanol–water partition coefficient (Wildman–Crippen LogP) is 4.72. The molecule has 0 heterocycles. The fourth-order valence-electron chi connectivity index (χ4n) is 2.89. The third-order valence-electron chi connectivity index (χ3n) is 3.47. The van der Waals surface area contributed by atoms with Crippen LogP contribution in [0.5, 0.6) is 0 Å². The molecule has 2 atom stereocenters. The van der Waals surface area contributed by atoms with Gasteiger partial charge in [0.1, 0.15) is 5.82 Å². The van der Waals surface area contributed by atoms with Crippen molar-refractivity contribution >= 4 is 17.3 Å². The van der Waals surface area contributed by atoms with Crippen molar-refractivity contribution in [1.82, 2.24) is 0 Å². The topological polar surface area (TPSA) is 12.0 Å². The van der Waals surface area contributed by atoms with Crippen LogP contribution in [-0.4, -0.2) is 6.04 Å². The van der Waals surface area contributed by atoms with Crippen molar-refractivity contribution in [3.8, 4) is 0 Å². The van der Waals surface area contributed by atoms with Crippen LogP contribution in [0.3, 0.4) is 0 Å². The van der Waals surface area contributed by atoms with Crippen LogP contribution < -0.4 is 5.32 Å². The van der Waals surface area contributed by atoms with Gasteiger partial charge in [0.25, 0.3) is 0 Å². The van der Waals surface area contributed by atoms with E-state index in [1.807, 2.05) is 0 Å². The zero-order valence-electron chi connectivity index (χ0n) is 10.3. The summed E-state index contributed by atoms with van der Waals surface area (Å²) in [7, 11) is 0. The summed E-state index contributed by atoms with van der Waals surface area (Å²) >= 11 is 6.06. The Morgan fingerprint density at radius 3 is 2.47 bits per heavy atom. The summed E-state index contributed by atoms with van der Waals surface area (Å²) in [6, 6.07) is 4.88. The molecule has 0 radical (unpaired) electrons. The maximum absolute atomic E-state index is 13.2. The van der Waals surface area contributed by atoms with Gasteiger partial charge in [-0.15, -0.1) is 0 Å². The van der Waals surface area contributed by atoms with Crippen LogP contribution in [0.4, 0.5) is 10.1 Å². The SMILES string of the molecule is CC1CC(C)CC(Nc2cc(F)ccc2Cl)C1. The predicted molar refractivity (Wildman–Crippen MR) is 71.0 cm³/mol. The van der Waals surface area contributed by atoms with Crippen LogP contribution in [0.1, 0.15) is 33.1 Å². The van der Waals surface area contributed by atoms with E-state index in [0.29, 0.717) is 11.1 Å². The average Bonchev–Trinajstić information content (AvgIpc) is 2.22. The quantitative estimate of drug-likeness (QED) is 0.807. The fourth-order valence-corrected chi connectivity index (χ4v) is 3.06. The first-order chi connectivity index (χ1) is 8.04. The van der Waals surface area contributed by atoms with Crippen LogP contribution in [0.15, 0.2) is 18.2 Å². The Morgan fingerprint density at radius 2 is 1.82 bits per heavy atom. The number of rotatable bonds is 2. The van der Waals surface area contributed by atoms with Crippen molar-refractivity contribution in [3.63, 3.8) is 0 Å². The number of anilines is 1. The molecule has 0 bridgehead atoms. The highest BCUT2D eigenvalue weighted by Crippen LogP contribution is 2.32. The van der Waals surface area contributed by atoms with Gasteiger partial charge in [0.05, 0.1) is 10.7 Å². The Labute approximate surface area is 107 Å². The summed E-state index contributed by atoms with van der Waals surface area (Å²) in [5, 5.41) is 3.97. The smallest absolute Gasteiger partial charge is 0.125 e. The van der Waals surface area contributed by atoms with Crippen molar-refractivity contribution in [2.45, 2.75) is 39.2 Å². The monoisotopic (exact) mass is 255 g/mol. The summed E-state index contributed by atoms with van der Waals surface area (Å²) in [4.78, 5) is 0. The molecule has 94 valence electrons. The van der Waals surface area contributed by atoms with E-state index in [9.17, 15) is 4.39 Å². The molecule has 1 aromatic carbocycles. The largest absolute Gasteiger partial charge is 0.381 e. The van der Waals surface area contributed by atoms with E-state index in [1.165, 1.54) is 18.6 Å². The molecule has 1 aromatic rings. The van der Waals surface area contributed by atoms with Gasteiger partial charge < -0.3 is 5.32 Å². The minimum Gasteiger partial charge on any atom is -0.381 e. The number of halogens is 2. The lowest BCUT2D eigenvalue weighted by atomic mass is 9.80. The van der Waals surface area contributed by atoms with Crippen molar-refractivity contribution in [1.29, 1.82) is 0 Å². The Morgan fingerprint density at radius 1 is 1.18 bits per heavy atom. The third-order valence-corrected chi connectivity index (χ3v) is 3.80. The molecule has 1 N–H and O–H groups in total. The molecular formula is C14H19ClFN. The van der Waals surface area contributed by atoms with Gasteiger partial charge in [-0.25, -0.2) is 4.39 Å². The Bertz CT molecular complexity index is 384. The highest BCUT2D eigenvalue weighted by molar-refractivity contribution is 6.33. The Hall–Kier alpha value is -0.760. The van der Waals surface area contributed by atoms with Gasteiger partial charge in [-0.3, -0.25) is 0 Å². The van der Waals surface area contributed by atoms with Crippen LogP contribution in [-0.2, 0) is 0 Å². The molecule has 0 saturated heterocycles. The van der Waals surface area contributed by atoms with Gasteiger partial charge >= 0.3 is 0 Å². The van der Waals surface area contributed by atoms with Gasteiger partial charge in [0.2, 0.25) is 0 Å². The zero-order chi connectivity index (χ0) is 12.4. The van der Waals surface area contributed by atoms with Crippen LogP contribution in [0, 0.1) is 17.7 Å². The second kappa shape index (κ2) is 5.26. The highest BCUT2D eigenvalue weighted by atomic mass is 35.5. The molecule has 0 aromatic heterocycles. The maximum Gasteiger partial charge on any atom is 0.125 e.